The van der Waals surface area contributed by atoms with Crippen LogP contribution in [0.3, 0.4) is 0 Å². The van der Waals surface area contributed by atoms with Crippen molar-refractivity contribution in [2.75, 3.05) is 0 Å². The number of hydrogen-bond donors (Lipinski definition) is 0. The number of rotatable bonds is 3. The summed E-state index contributed by atoms with van der Waals surface area (Å²) in [4.78, 5) is 1.12. The van der Waals surface area contributed by atoms with E-state index in [4.69, 9.17) is 27.9 Å². The van der Waals surface area contributed by atoms with Gasteiger partial charge in [-0.2, -0.15) is 0 Å². The number of thiophene rings is 1. The molecule has 0 atom stereocenters. The fourth-order valence-electron chi connectivity index (χ4n) is 1.19. The van der Waals surface area contributed by atoms with Crippen LogP contribution in [0.25, 0.3) is 0 Å². The number of benzene rings is 1. The van der Waals surface area contributed by atoms with E-state index < -0.39 is 0 Å². The molecule has 0 unspecified atom stereocenters. The minimum atomic E-state index is 0.480. The van der Waals surface area contributed by atoms with Crippen LogP contribution in [-0.4, -0.2) is 0 Å². The molecular weight excluding hydrogens is 411 g/mol. The Bertz CT molecular complexity index is 542. The van der Waals surface area contributed by atoms with E-state index in [9.17, 15) is 0 Å². The molecule has 90 valence electrons. The average Bonchev–Trinajstić information content (AvgIpc) is 2.68. The van der Waals surface area contributed by atoms with Gasteiger partial charge in [-0.3, -0.25) is 0 Å². The lowest BCUT2D eigenvalue weighted by molar-refractivity contribution is 0.310. The first kappa shape index (κ1) is 13.7. The van der Waals surface area contributed by atoms with Gasteiger partial charge in [0.05, 0.1) is 13.8 Å². The second-order valence-corrected chi connectivity index (χ2v) is 7.41. The van der Waals surface area contributed by atoms with Crippen molar-refractivity contribution in [1.82, 2.24) is 0 Å². The predicted molar refractivity (Wildman–Crippen MR) is 80.5 cm³/mol. The van der Waals surface area contributed by atoms with E-state index in [1.54, 1.807) is 23.5 Å². The summed E-state index contributed by atoms with van der Waals surface area (Å²) in [5, 5.41) is 1.12. The number of ether oxygens (including phenoxy) is 1. The molecule has 0 N–H and O–H groups in total. The molecule has 0 saturated heterocycles. The zero-order valence-electron chi connectivity index (χ0n) is 8.34. The van der Waals surface area contributed by atoms with Gasteiger partial charge in [0.1, 0.15) is 12.4 Å². The fraction of sp³-hybridized carbons (Fsp3) is 0.0909. The van der Waals surface area contributed by atoms with Gasteiger partial charge in [0.15, 0.2) is 0 Å². The summed E-state index contributed by atoms with van der Waals surface area (Å²) in [6.45, 7) is 0.480. The van der Waals surface area contributed by atoms with E-state index in [-0.39, 0.29) is 0 Å². The van der Waals surface area contributed by atoms with E-state index in [2.05, 4.69) is 31.9 Å². The minimum Gasteiger partial charge on any atom is -0.486 e. The van der Waals surface area contributed by atoms with Gasteiger partial charge in [0, 0.05) is 15.4 Å². The maximum Gasteiger partial charge on any atom is 0.140 e. The predicted octanol–water partition coefficient (Wildman–Crippen LogP) is 6.16. The van der Waals surface area contributed by atoms with Gasteiger partial charge in [-0.25, -0.2) is 0 Å². The number of hydrogen-bond acceptors (Lipinski definition) is 2. The summed E-state index contributed by atoms with van der Waals surface area (Å²) < 4.78 is 7.46. The van der Waals surface area contributed by atoms with Gasteiger partial charge in [0.2, 0.25) is 0 Å². The zero-order valence-corrected chi connectivity index (χ0v) is 13.8. The third kappa shape index (κ3) is 3.61. The third-order valence-electron chi connectivity index (χ3n) is 1.97. The van der Waals surface area contributed by atoms with E-state index >= 15 is 0 Å². The Morgan fingerprint density at radius 1 is 1.12 bits per heavy atom. The lowest BCUT2D eigenvalue weighted by Gasteiger charge is -2.08. The Labute approximate surface area is 130 Å². The van der Waals surface area contributed by atoms with Crippen LogP contribution < -0.4 is 4.74 Å². The second-order valence-electron chi connectivity index (χ2n) is 3.19. The van der Waals surface area contributed by atoms with Crippen molar-refractivity contribution < 1.29 is 4.74 Å². The Balaban J connectivity index is 2.11. The molecule has 1 heterocycles. The standard InChI is InChI=1S/C11H6Br2Cl2OS/c12-7-3-9(15)10(4-8(7)14)16-5-6-1-2-11(13)17-6/h1-4H,5H2. The summed E-state index contributed by atoms with van der Waals surface area (Å²) in [5.74, 6) is 0.587. The molecule has 0 saturated carbocycles. The van der Waals surface area contributed by atoms with Crippen LogP contribution in [0.1, 0.15) is 4.88 Å². The van der Waals surface area contributed by atoms with Crippen molar-refractivity contribution in [2.45, 2.75) is 6.61 Å². The van der Waals surface area contributed by atoms with Crippen molar-refractivity contribution in [2.24, 2.45) is 0 Å². The first-order chi connectivity index (χ1) is 8.06. The van der Waals surface area contributed by atoms with Gasteiger partial charge in [-0.1, -0.05) is 23.2 Å². The van der Waals surface area contributed by atoms with Crippen molar-refractivity contribution in [1.29, 1.82) is 0 Å². The number of halogens is 4. The monoisotopic (exact) mass is 414 g/mol. The van der Waals surface area contributed by atoms with E-state index in [1.165, 1.54) is 0 Å². The third-order valence-corrected chi connectivity index (χ3v) is 5.06. The maximum absolute atomic E-state index is 6.05. The summed E-state index contributed by atoms with van der Waals surface area (Å²) in [6.07, 6.45) is 0. The Morgan fingerprint density at radius 3 is 2.53 bits per heavy atom. The van der Waals surface area contributed by atoms with Gasteiger partial charge in [-0.05, 0) is 50.1 Å². The van der Waals surface area contributed by atoms with E-state index in [0.717, 1.165) is 13.1 Å². The molecule has 0 aliphatic rings. The van der Waals surface area contributed by atoms with Gasteiger partial charge < -0.3 is 4.74 Å². The lowest BCUT2D eigenvalue weighted by atomic mass is 10.3. The van der Waals surface area contributed by atoms with Crippen LogP contribution in [0, 0.1) is 0 Å². The van der Waals surface area contributed by atoms with Crippen molar-refractivity contribution in [3.8, 4) is 5.75 Å². The van der Waals surface area contributed by atoms with Crippen LogP contribution in [0.4, 0.5) is 0 Å². The molecule has 0 amide bonds. The summed E-state index contributed by atoms with van der Waals surface area (Å²) in [7, 11) is 0. The molecule has 0 radical (unpaired) electrons. The molecule has 0 bridgehead atoms. The normalized spacial score (nSPS) is 10.6. The first-order valence-electron chi connectivity index (χ1n) is 4.58. The Kier molecular flexibility index (Phi) is 4.78. The highest BCUT2D eigenvalue weighted by Crippen LogP contribution is 2.34. The molecule has 6 heteroatoms. The van der Waals surface area contributed by atoms with Crippen molar-refractivity contribution in [3.05, 3.63) is 47.4 Å². The maximum atomic E-state index is 6.05. The second kappa shape index (κ2) is 5.93. The topological polar surface area (TPSA) is 9.23 Å². The van der Waals surface area contributed by atoms with Crippen LogP contribution in [0.5, 0.6) is 5.75 Å². The summed E-state index contributed by atoms with van der Waals surface area (Å²) in [6, 6.07) is 7.42. The Hall–Kier alpha value is 0.260. The van der Waals surface area contributed by atoms with Crippen LogP contribution in [0.2, 0.25) is 10.0 Å². The van der Waals surface area contributed by atoms with E-state index in [1.807, 2.05) is 12.1 Å². The van der Waals surface area contributed by atoms with Gasteiger partial charge in [0.25, 0.3) is 0 Å². The molecule has 1 nitrogen and oxygen atoms in total. The van der Waals surface area contributed by atoms with Crippen molar-refractivity contribution in [3.63, 3.8) is 0 Å². The van der Waals surface area contributed by atoms with Crippen molar-refractivity contribution >= 4 is 66.4 Å². The highest BCUT2D eigenvalue weighted by Gasteiger charge is 2.07. The highest BCUT2D eigenvalue weighted by molar-refractivity contribution is 9.11. The molecule has 0 aliphatic heterocycles. The smallest absolute Gasteiger partial charge is 0.140 e. The summed E-state index contributed by atoms with van der Waals surface area (Å²) in [5.41, 5.74) is 0. The highest BCUT2D eigenvalue weighted by atomic mass is 79.9. The largest absolute Gasteiger partial charge is 0.486 e. The fourth-order valence-corrected chi connectivity index (χ4v) is 3.44. The van der Waals surface area contributed by atoms with Gasteiger partial charge in [-0.15, -0.1) is 11.3 Å². The zero-order chi connectivity index (χ0) is 12.4. The molecule has 2 aromatic rings. The van der Waals surface area contributed by atoms with Gasteiger partial charge >= 0.3 is 0 Å². The molecule has 0 spiro atoms. The van der Waals surface area contributed by atoms with E-state index in [0.29, 0.717) is 22.4 Å². The lowest BCUT2D eigenvalue weighted by Crippen LogP contribution is -1.93. The minimum absolute atomic E-state index is 0.480. The van der Waals surface area contributed by atoms with Crippen LogP contribution >= 0.6 is 66.4 Å². The molecule has 2 rings (SSSR count). The van der Waals surface area contributed by atoms with Crippen LogP contribution in [0.15, 0.2) is 32.5 Å². The molecule has 0 fully saturated rings. The summed E-state index contributed by atoms with van der Waals surface area (Å²) >= 11 is 20.4. The average molecular weight is 417 g/mol. The Morgan fingerprint density at radius 2 is 1.88 bits per heavy atom. The van der Waals surface area contributed by atoms with Crippen LogP contribution in [-0.2, 0) is 6.61 Å². The SMILES string of the molecule is Clc1cc(OCc2ccc(Br)s2)c(Cl)cc1Br. The first-order valence-corrected chi connectivity index (χ1v) is 7.73. The quantitative estimate of drug-likeness (QED) is 0.544. The molecule has 1 aromatic carbocycles. The molecule has 1 aromatic heterocycles. The molecular formula is C11H6Br2Cl2OS. The molecule has 17 heavy (non-hydrogen) atoms. The molecule has 0 aliphatic carbocycles.